The number of rotatable bonds is 10. The van der Waals surface area contributed by atoms with Gasteiger partial charge in [-0.05, 0) is 32.2 Å². The Bertz CT molecular complexity index is 385. The molecule has 1 aromatic rings. The van der Waals surface area contributed by atoms with Crippen LogP contribution in [0, 0.1) is 5.92 Å². The van der Waals surface area contributed by atoms with Crippen LogP contribution in [0.3, 0.4) is 0 Å². The van der Waals surface area contributed by atoms with Gasteiger partial charge in [0.15, 0.2) is 5.82 Å². The zero-order valence-corrected chi connectivity index (χ0v) is 12.6. The summed E-state index contributed by atoms with van der Waals surface area (Å²) in [4.78, 5) is 11.9. The lowest BCUT2D eigenvalue weighted by molar-refractivity contribution is -0.121. The molecular formula is C14H27N5O. The number of nitrogens with two attached hydrogens (primary N) is 1. The van der Waals surface area contributed by atoms with Crippen LogP contribution in [0.4, 0.5) is 0 Å². The van der Waals surface area contributed by atoms with Crippen LogP contribution in [0.5, 0.6) is 0 Å². The summed E-state index contributed by atoms with van der Waals surface area (Å²) in [5.74, 6) is 1.44. The Morgan fingerprint density at radius 2 is 2.20 bits per heavy atom. The van der Waals surface area contributed by atoms with Crippen molar-refractivity contribution in [2.75, 3.05) is 6.54 Å². The highest BCUT2D eigenvalue weighted by Gasteiger charge is 2.11. The van der Waals surface area contributed by atoms with Crippen molar-refractivity contribution in [1.29, 1.82) is 0 Å². The lowest BCUT2D eigenvalue weighted by Crippen LogP contribution is -2.25. The van der Waals surface area contributed by atoms with Gasteiger partial charge in [-0.25, -0.2) is 0 Å². The molecule has 3 N–H and O–H groups in total. The molecule has 1 heterocycles. The smallest absolute Gasteiger partial charge is 0.220 e. The van der Waals surface area contributed by atoms with Crippen LogP contribution in [0.1, 0.15) is 51.8 Å². The lowest BCUT2D eigenvalue weighted by Gasteiger charge is -2.14. The molecule has 1 atom stereocenters. The first-order valence-electron chi connectivity index (χ1n) is 7.54. The van der Waals surface area contributed by atoms with E-state index in [1.54, 1.807) is 6.33 Å². The topological polar surface area (TPSA) is 85.8 Å². The molecule has 1 rings (SSSR count). The molecule has 0 aliphatic heterocycles. The minimum atomic E-state index is 0.0776. The van der Waals surface area contributed by atoms with Crippen LogP contribution in [-0.4, -0.2) is 27.2 Å². The van der Waals surface area contributed by atoms with Crippen LogP contribution in [0.25, 0.3) is 0 Å². The molecule has 0 aliphatic rings. The average Bonchev–Trinajstić information content (AvgIpc) is 2.90. The van der Waals surface area contributed by atoms with E-state index >= 15 is 0 Å². The van der Waals surface area contributed by atoms with Crippen molar-refractivity contribution >= 4 is 5.91 Å². The maximum atomic E-state index is 11.9. The Balaban J connectivity index is 2.29. The highest BCUT2D eigenvalue weighted by molar-refractivity contribution is 5.75. The lowest BCUT2D eigenvalue weighted by atomic mass is 9.94. The first-order valence-corrected chi connectivity index (χ1v) is 7.54. The quantitative estimate of drug-likeness (QED) is 0.680. The second-order valence-corrected chi connectivity index (χ2v) is 5.08. The van der Waals surface area contributed by atoms with E-state index < -0.39 is 0 Å². The summed E-state index contributed by atoms with van der Waals surface area (Å²) in [6.45, 7) is 6.15. The maximum absolute atomic E-state index is 11.9. The summed E-state index contributed by atoms with van der Waals surface area (Å²) in [5.41, 5.74) is 5.60. The zero-order valence-electron chi connectivity index (χ0n) is 12.6. The number of carbonyl (C=O) groups excluding carboxylic acids is 1. The van der Waals surface area contributed by atoms with Crippen molar-refractivity contribution < 1.29 is 4.79 Å². The molecule has 114 valence electrons. The number of aromatic nitrogens is 3. The molecule has 20 heavy (non-hydrogen) atoms. The van der Waals surface area contributed by atoms with Gasteiger partial charge in [-0.1, -0.05) is 19.8 Å². The van der Waals surface area contributed by atoms with Gasteiger partial charge >= 0.3 is 0 Å². The summed E-state index contributed by atoms with van der Waals surface area (Å²) in [6, 6.07) is 0. The van der Waals surface area contributed by atoms with Gasteiger partial charge in [-0.15, -0.1) is 10.2 Å². The Morgan fingerprint density at radius 1 is 1.40 bits per heavy atom. The predicted octanol–water partition coefficient (Wildman–Crippen LogP) is 1.46. The molecule has 6 heteroatoms. The van der Waals surface area contributed by atoms with E-state index in [1.165, 1.54) is 0 Å². The second-order valence-electron chi connectivity index (χ2n) is 5.08. The van der Waals surface area contributed by atoms with Crippen LogP contribution >= 0.6 is 0 Å². The molecule has 1 unspecified atom stereocenters. The second kappa shape index (κ2) is 9.47. The van der Waals surface area contributed by atoms with E-state index in [2.05, 4.69) is 22.4 Å². The third kappa shape index (κ3) is 5.69. The maximum Gasteiger partial charge on any atom is 0.220 e. The standard InChI is InChI=1S/C14H27N5O/c1-3-5-12(8-9-15)6-7-14(20)16-10-13-18-17-11-19(13)4-2/h11-12H,3-10,15H2,1-2H3,(H,16,20). The Hall–Kier alpha value is -1.43. The number of carbonyl (C=O) groups is 1. The van der Waals surface area contributed by atoms with Crippen LogP contribution < -0.4 is 11.1 Å². The highest BCUT2D eigenvalue weighted by Crippen LogP contribution is 2.16. The largest absolute Gasteiger partial charge is 0.349 e. The van der Waals surface area contributed by atoms with E-state index in [0.29, 0.717) is 25.4 Å². The van der Waals surface area contributed by atoms with E-state index in [9.17, 15) is 4.79 Å². The number of hydrogen-bond donors (Lipinski definition) is 2. The molecule has 1 amide bonds. The third-order valence-corrected chi connectivity index (χ3v) is 3.53. The Kier molecular flexibility index (Phi) is 7.87. The highest BCUT2D eigenvalue weighted by atomic mass is 16.1. The SMILES string of the molecule is CCCC(CCN)CCC(=O)NCc1nncn1CC. The van der Waals surface area contributed by atoms with Crippen molar-refractivity contribution in [1.82, 2.24) is 20.1 Å². The fourth-order valence-corrected chi connectivity index (χ4v) is 2.36. The van der Waals surface area contributed by atoms with Crippen molar-refractivity contribution in [3.8, 4) is 0 Å². The summed E-state index contributed by atoms with van der Waals surface area (Å²) >= 11 is 0. The van der Waals surface area contributed by atoms with Crippen LogP contribution in [-0.2, 0) is 17.9 Å². The van der Waals surface area contributed by atoms with Gasteiger partial charge in [-0.2, -0.15) is 0 Å². The minimum Gasteiger partial charge on any atom is -0.349 e. The molecule has 6 nitrogen and oxygen atoms in total. The van der Waals surface area contributed by atoms with Gasteiger partial charge in [-0.3, -0.25) is 4.79 Å². The Morgan fingerprint density at radius 3 is 2.85 bits per heavy atom. The summed E-state index contributed by atoms with van der Waals surface area (Å²) in [5, 5.41) is 10.7. The number of amides is 1. The number of nitrogens with zero attached hydrogens (tertiary/aromatic N) is 3. The van der Waals surface area contributed by atoms with E-state index in [0.717, 1.165) is 38.1 Å². The van der Waals surface area contributed by atoms with Crippen molar-refractivity contribution in [3.63, 3.8) is 0 Å². The molecular weight excluding hydrogens is 254 g/mol. The molecule has 0 aromatic carbocycles. The van der Waals surface area contributed by atoms with Gasteiger partial charge < -0.3 is 15.6 Å². The van der Waals surface area contributed by atoms with Gasteiger partial charge in [0.05, 0.1) is 6.54 Å². The summed E-state index contributed by atoms with van der Waals surface area (Å²) in [7, 11) is 0. The number of aryl methyl sites for hydroxylation is 1. The van der Waals surface area contributed by atoms with Crippen LogP contribution in [0.15, 0.2) is 6.33 Å². The number of hydrogen-bond acceptors (Lipinski definition) is 4. The molecule has 0 saturated carbocycles. The summed E-state index contributed by atoms with van der Waals surface area (Å²) in [6.07, 6.45) is 6.45. The molecule has 0 aliphatic carbocycles. The van der Waals surface area contributed by atoms with Gasteiger partial charge in [0, 0.05) is 13.0 Å². The van der Waals surface area contributed by atoms with E-state index in [4.69, 9.17) is 5.73 Å². The van der Waals surface area contributed by atoms with E-state index in [1.807, 2.05) is 11.5 Å². The molecule has 0 spiro atoms. The Labute approximate surface area is 121 Å². The normalized spacial score (nSPS) is 12.3. The predicted molar refractivity (Wildman–Crippen MR) is 78.8 cm³/mol. The van der Waals surface area contributed by atoms with E-state index in [-0.39, 0.29) is 5.91 Å². The van der Waals surface area contributed by atoms with Crippen LogP contribution in [0.2, 0.25) is 0 Å². The molecule has 0 bridgehead atoms. The van der Waals surface area contributed by atoms with Crippen molar-refractivity contribution in [2.24, 2.45) is 11.7 Å². The summed E-state index contributed by atoms with van der Waals surface area (Å²) < 4.78 is 1.93. The third-order valence-electron chi connectivity index (χ3n) is 3.53. The average molecular weight is 281 g/mol. The molecule has 0 radical (unpaired) electrons. The fourth-order valence-electron chi connectivity index (χ4n) is 2.36. The molecule has 0 saturated heterocycles. The van der Waals surface area contributed by atoms with Gasteiger partial charge in [0.2, 0.25) is 5.91 Å². The van der Waals surface area contributed by atoms with Gasteiger partial charge in [0.25, 0.3) is 0 Å². The van der Waals surface area contributed by atoms with Gasteiger partial charge in [0.1, 0.15) is 6.33 Å². The first-order chi connectivity index (χ1) is 9.71. The minimum absolute atomic E-state index is 0.0776. The molecule has 1 aromatic heterocycles. The zero-order chi connectivity index (χ0) is 14.8. The van der Waals surface area contributed by atoms with Crippen molar-refractivity contribution in [2.45, 2.75) is 59.0 Å². The fraction of sp³-hybridized carbons (Fsp3) is 0.786. The molecule has 0 fully saturated rings. The monoisotopic (exact) mass is 281 g/mol. The van der Waals surface area contributed by atoms with Crippen molar-refractivity contribution in [3.05, 3.63) is 12.2 Å². The first kappa shape index (κ1) is 16.6. The number of nitrogens with one attached hydrogen (secondary N) is 1.